The third kappa shape index (κ3) is 5.80. The van der Waals surface area contributed by atoms with Crippen LogP contribution in [0.1, 0.15) is 42.1 Å². The maximum absolute atomic E-state index is 12.1. The van der Waals surface area contributed by atoms with E-state index in [9.17, 15) is 13.2 Å². The molecule has 2 rings (SSSR count). The SMILES string of the molecule is CCS(=O)(=O)NCc1ccc(C(=O)NC[C@@H]2CC=CCC2)cc1. The van der Waals surface area contributed by atoms with Crippen molar-refractivity contribution >= 4 is 15.9 Å². The van der Waals surface area contributed by atoms with Gasteiger partial charge in [-0.25, -0.2) is 13.1 Å². The second-order valence-corrected chi connectivity index (χ2v) is 7.88. The fourth-order valence-corrected chi connectivity index (χ4v) is 3.04. The fourth-order valence-electron chi connectivity index (χ4n) is 2.45. The van der Waals surface area contributed by atoms with E-state index in [2.05, 4.69) is 22.2 Å². The molecule has 126 valence electrons. The number of hydrogen-bond acceptors (Lipinski definition) is 3. The molecule has 6 heteroatoms. The molecule has 0 saturated heterocycles. The van der Waals surface area contributed by atoms with E-state index >= 15 is 0 Å². The molecule has 0 aromatic heterocycles. The molecule has 1 amide bonds. The molecule has 1 aliphatic rings. The number of amides is 1. The van der Waals surface area contributed by atoms with Crippen molar-refractivity contribution in [3.8, 4) is 0 Å². The van der Waals surface area contributed by atoms with E-state index < -0.39 is 10.0 Å². The minimum Gasteiger partial charge on any atom is -0.352 e. The summed E-state index contributed by atoms with van der Waals surface area (Å²) in [5.41, 5.74) is 1.43. The molecular formula is C17H24N2O3S. The Labute approximate surface area is 138 Å². The average Bonchev–Trinajstić information content (AvgIpc) is 2.59. The highest BCUT2D eigenvalue weighted by atomic mass is 32.2. The standard InChI is InChI=1S/C17H24N2O3S/c1-2-23(21,22)19-13-15-8-10-16(11-9-15)17(20)18-12-14-6-4-3-5-7-14/h3-4,8-11,14,19H,2,5-7,12-13H2,1H3,(H,18,20)/t14-/m1/s1. The number of carbonyl (C=O) groups is 1. The van der Waals surface area contributed by atoms with Crippen molar-refractivity contribution in [2.75, 3.05) is 12.3 Å². The first kappa shape index (κ1) is 17.7. The number of hydrogen-bond donors (Lipinski definition) is 2. The van der Waals surface area contributed by atoms with Crippen LogP contribution in [0, 0.1) is 5.92 Å². The van der Waals surface area contributed by atoms with Crippen LogP contribution >= 0.6 is 0 Å². The quantitative estimate of drug-likeness (QED) is 0.750. The lowest BCUT2D eigenvalue weighted by Gasteiger charge is -2.18. The zero-order valence-corrected chi connectivity index (χ0v) is 14.2. The third-order valence-electron chi connectivity index (χ3n) is 4.02. The summed E-state index contributed by atoms with van der Waals surface area (Å²) < 4.78 is 25.3. The summed E-state index contributed by atoms with van der Waals surface area (Å²) in [6.45, 7) is 2.53. The Morgan fingerprint density at radius 3 is 2.57 bits per heavy atom. The molecule has 0 bridgehead atoms. The molecular weight excluding hydrogens is 312 g/mol. The predicted molar refractivity (Wildman–Crippen MR) is 91.6 cm³/mol. The van der Waals surface area contributed by atoms with Crippen molar-refractivity contribution in [1.29, 1.82) is 0 Å². The van der Waals surface area contributed by atoms with Gasteiger partial charge in [-0.05, 0) is 49.8 Å². The van der Waals surface area contributed by atoms with Gasteiger partial charge in [-0.2, -0.15) is 0 Å². The molecule has 1 aromatic carbocycles. The average molecular weight is 336 g/mol. The van der Waals surface area contributed by atoms with E-state index in [0.717, 1.165) is 24.8 Å². The van der Waals surface area contributed by atoms with Crippen molar-refractivity contribution in [3.05, 3.63) is 47.5 Å². The Kier molecular flexibility index (Phi) is 6.36. The molecule has 1 atom stereocenters. The Morgan fingerprint density at radius 2 is 1.96 bits per heavy atom. The van der Waals surface area contributed by atoms with Gasteiger partial charge in [-0.15, -0.1) is 0 Å². The summed E-state index contributed by atoms with van der Waals surface area (Å²) >= 11 is 0. The van der Waals surface area contributed by atoms with Gasteiger partial charge in [-0.3, -0.25) is 4.79 Å². The molecule has 2 N–H and O–H groups in total. The third-order valence-corrected chi connectivity index (χ3v) is 5.37. The van der Waals surface area contributed by atoms with Gasteiger partial charge >= 0.3 is 0 Å². The van der Waals surface area contributed by atoms with E-state index in [1.165, 1.54) is 0 Å². The molecule has 0 spiro atoms. The Morgan fingerprint density at radius 1 is 1.22 bits per heavy atom. The van der Waals surface area contributed by atoms with Crippen molar-refractivity contribution in [2.24, 2.45) is 5.92 Å². The van der Waals surface area contributed by atoms with Gasteiger partial charge in [0.1, 0.15) is 0 Å². The number of benzene rings is 1. The van der Waals surface area contributed by atoms with Gasteiger partial charge in [0.2, 0.25) is 10.0 Å². The summed E-state index contributed by atoms with van der Waals surface area (Å²) in [5, 5.41) is 2.97. The first-order valence-corrected chi connectivity index (χ1v) is 9.65. The molecule has 0 fully saturated rings. The molecule has 1 aromatic rings. The summed E-state index contributed by atoms with van der Waals surface area (Å²) in [6.07, 6.45) is 7.59. The number of nitrogens with one attached hydrogen (secondary N) is 2. The highest BCUT2D eigenvalue weighted by molar-refractivity contribution is 7.89. The molecule has 0 heterocycles. The second kappa shape index (κ2) is 8.26. The minimum absolute atomic E-state index is 0.0594. The van der Waals surface area contributed by atoms with Crippen LogP contribution in [-0.4, -0.2) is 26.6 Å². The van der Waals surface area contributed by atoms with Crippen LogP contribution in [-0.2, 0) is 16.6 Å². The number of rotatable bonds is 7. The van der Waals surface area contributed by atoms with Crippen LogP contribution in [0.4, 0.5) is 0 Å². The van der Waals surface area contributed by atoms with E-state index in [-0.39, 0.29) is 18.2 Å². The summed E-state index contributed by atoms with van der Waals surface area (Å²) in [4.78, 5) is 12.1. The summed E-state index contributed by atoms with van der Waals surface area (Å²) in [7, 11) is -3.20. The minimum atomic E-state index is -3.20. The summed E-state index contributed by atoms with van der Waals surface area (Å²) in [5.74, 6) is 0.496. The first-order chi connectivity index (χ1) is 11.0. The van der Waals surface area contributed by atoms with Crippen molar-refractivity contribution < 1.29 is 13.2 Å². The summed E-state index contributed by atoms with van der Waals surface area (Å²) in [6, 6.07) is 7.00. The number of carbonyl (C=O) groups excluding carboxylic acids is 1. The second-order valence-electron chi connectivity index (χ2n) is 5.78. The van der Waals surface area contributed by atoms with Crippen molar-refractivity contribution in [3.63, 3.8) is 0 Å². The van der Waals surface area contributed by atoms with Crippen LogP contribution in [0.25, 0.3) is 0 Å². The highest BCUT2D eigenvalue weighted by Crippen LogP contribution is 2.17. The molecule has 0 unspecified atom stereocenters. The van der Waals surface area contributed by atoms with Gasteiger partial charge in [0.05, 0.1) is 5.75 Å². The van der Waals surface area contributed by atoms with E-state index in [1.54, 1.807) is 31.2 Å². The van der Waals surface area contributed by atoms with Crippen LogP contribution < -0.4 is 10.0 Å². The lowest BCUT2D eigenvalue weighted by atomic mass is 9.94. The van der Waals surface area contributed by atoms with E-state index in [1.807, 2.05) is 0 Å². The number of allylic oxidation sites excluding steroid dienone is 2. The largest absolute Gasteiger partial charge is 0.352 e. The molecule has 0 saturated carbocycles. The van der Waals surface area contributed by atoms with Gasteiger partial charge in [-0.1, -0.05) is 24.3 Å². The Bertz CT molecular complexity index is 651. The Hall–Kier alpha value is -1.66. The molecule has 1 aliphatic carbocycles. The Balaban J connectivity index is 1.83. The van der Waals surface area contributed by atoms with Gasteiger partial charge in [0, 0.05) is 18.7 Å². The van der Waals surface area contributed by atoms with E-state index in [0.29, 0.717) is 18.0 Å². The van der Waals surface area contributed by atoms with Crippen LogP contribution in [0.5, 0.6) is 0 Å². The van der Waals surface area contributed by atoms with Crippen LogP contribution in [0.3, 0.4) is 0 Å². The molecule has 23 heavy (non-hydrogen) atoms. The first-order valence-electron chi connectivity index (χ1n) is 7.99. The van der Waals surface area contributed by atoms with E-state index in [4.69, 9.17) is 0 Å². The maximum atomic E-state index is 12.1. The normalized spacial score (nSPS) is 17.9. The molecule has 5 nitrogen and oxygen atoms in total. The van der Waals surface area contributed by atoms with Crippen LogP contribution in [0.15, 0.2) is 36.4 Å². The lowest BCUT2D eigenvalue weighted by Crippen LogP contribution is -2.29. The highest BCUT2D eigenvalue weighted by Gasteiger charge is 2.12. The van der Waals surface area contributed by atoms with Crippen molar-refractivity contribution in [1.82, 2.24) is 10.0 Å². The monoisotopic (exact) mass is 336 g/mol. The molecule has 0 aliphatic heterocycles. The zero-order valence-electron chi connectivity index (χ0n) is 13.4. The van der Waals surface area contributed by atoms with Gasteiger partial charge in [0.15, 0.2) is 0 Å². The smallest absolute Gasteiger partial charge is 0.251 e. The van der Waals surface area contributed by atoms with Crippen LogP contribution in [0.2, 0.25) is 0 Å². The van der Waals surface area contributed by atoms with Crippen molar-refractivity contribution in [2.45, 2.75) is 32.7 Å². The van der Waals surface area contributed by atoms with Gasteiger partial charge in [0.25, 0.3) is 5.91 Å². The predicted octanol–water partition coefficient (Wildman–Crippen LogP) is 2.21. The maximum Gasteiger partial charge on any atom is 0.251 e. The zero-order chi connectivity index (χ0) is 16.7. The lowest BCUT2D eigenvalue weighted by molar-refractivity contribution is 0.0946. The van der Waals surface area contributed by atoms with Gasteiger partial charge < -0.3 is 5.32 Å². The molecule has 0 radical (unpaired) electrons. The topological polar surface area (TPSA) is 75.3 Å². The number of sulfonamides is 1. The fraction of sp³-hybridized carbons (Fsp3) is 0.471.